The average molecular weight is 326 g/mol. The van der Waals surface area contributed by atoms with Gasteiger partial charge in [0.05, 0.1) is 17.0 Å². The van der Waals surface area contributed by atoms with E-state index in [1.54, 1.807) is 12.1 Å². The molecule has 0 unspecified atom stereocenters. The number of carbonyl (C=O) groups is 2. The number of hydrogen-bond donors (Lipinski definition) is 1. The maximum Gasteiger partial charge on any atom is 0.256 e. The molecule has 0 saturated carbocycles. The Hall–Kier alpha value is -2.92. The number of rotatable bonds is 3. The molecule has 1 N–H and O–H groups in total. The molecule has 3 rings (SSSR count). The zero-order valence-electron chi connectivity index (χ0n) is 11.7. The van der Waals surface area contributed by atoms with Crippen molar-refractivity contribution in [3.63, 3.8) is 0 Å². The number of carbonyl (C=O) groups excluding carboxylic acids is 2. The number of fused-ring (bicyclic) bond motifs is 1. The normalized spacial score (nSPS) is 10.5. The third-order valence-electron chi connectivity index (χ3n) is 3.31. The summed E-state index contributed by atoms with van der Waals surface area (Å²) in [5, 5.41) is 14.3. The first-order chi connectivity index (χ1) is 11.0. The van der Waals surface area contributed by atoms with Crippen molar-refractivity contribution in [2.24, 2.45) is 0 Å². The molecule has 114 valence electrons. The highest BCUT2D eigenvalue weighted by Gasteiger charge is 2.12. The summed E-state index contributed by atoms with van der Waals surface area (Å²) in [6.07, 6.45) is 0. The number of halogens is 1. The van der Waals surface area contributed by atoms with E-state index in [0.717, 1.165) is 0 Å². The van der Waals surface area contributed by atoms with Gasteiger partial charge < -0.3 is 15.2 Å². The van der Waals surface area contributed by atoms with Gasteiger partial charge in [0.2, 0.25) is 0 Å². The highest BCUT2D eigenvalue weighted by molar-refractivity contribution is 6.30. The van der Waals surface area contributed by atoms with Crippen LogP contribution in [0.1, 0.15) is 20.7 Å². The molecule has 1 amide bonds. The molecular weight excluding hydrogens is 316 g/mol. The number of pyridine rings is 1. The molecule has 3 aromatic rings. The molecule has 0 aliphatic heterocycles. The molecule has 0 atom stereocenters. The molecule has 0 radical (unpaired) electrons. The smallest absolute Gasteiger partial charge is 0.256 e. The summed E-state index contributed by atoms with van der Waals surface area (Å²) in [6, 6.07) is 14.4. The number of aromatic nitrogens is 1. The Balaban J connectivity index is 1.93. The molecule has 0 bridgehead atoms. The van der Waals surface area contributed by atoms with Gasteiger partial charge in [-0.3, -0.25) is 4.79 Å². The fraction of sp³-hybridized carbons (Fsp3) is 0. The number of anilines is 1. The van der Waals surface area contributed by atoms with E-state index in [2.05, 4.69) is 10.3 Å². The van der Waals surface area contributed by atoms with E-state index < -0.39 is 5.97 Å². The molecular formula is C17H10ClN2O3-. The van der Waals surface area contributed by atoms with Crippen LogP contribution in [0.3, 0.4) is 0 Å². The Kier molecular flexibility index (Phi) is 3.95. The Labute approximate surface area is 136 Å². The molecule has 5 nitrogen and oxygen atoms in total. The third kappa shape index (κ3) is 3.14. The molecule has 2 aromatic carbocycles. The summed E-state index contributed by atoms with van der Waals surface area (Å²) >= 11 is 5.96. The molecule has 1 heterocycles. The average Bonchev–Trinajstić information content (AvgIpc) is 2.54. The van der Waals surface area contributed by atoms with Gasteiger partial charge in [0.25, 0.3) is 5.91 Å². The predicted molar refractivity (Wildman–Crippen MR) is 85.5 cm³/mol. The van der Waals surface area contributed by atoms with E-state index in [-0.39, 0.29) is 16.6 Å². The minimum atomic E-state index is -1.27. The van der Waals surface area contributed by atoms with Crippen molar-refractivity contribution in [2.45, 2.75) is 0 Å². The van der Waals surface area contributed by atoms with Gasteiger partial charge in [-0.25, -0.2) is 4.98 Å². The van der Waals surface area contributed by atoms with Gasteiger partial charge >= 0.3 is 0 Å². The van der Waals surface area contributed by atoms with Crippen LogP contribution in [0.15, 0.2) is 54.6 Å². The zero-order valence-corrected chi connectivity index (χ0v) is 12.5. The van der Waals surface area contributed by atoms with Crippen molar-refractivity contribution in [1.82, 2.24) is 4.98 Å². The van der Waals surface area contributed by atoms with Crippen molar-refractivity contribution in [1.29, 1.82) is 0 Å². The molecule has 0 saturated heterocycles. The van der Waals surface area contributed by atoms with Gasteiger partial charge in [-0.1, -0.05) is 41.9 Å². The van der Waals surface area contributed by atoms with Gasteiger partial charge in [0.15, 0.2) is 0 Å². The monoisotopic (exact) mass is 325 g/mol. The van der Waals surface area contributed by atoms with E-state index in [9.17, 15) is 14.7 Å². The lowest BCUT2D eigenvalue weighted by Crippen LogP contribution is -2.22. The van der Waals surface area contributed by atoms with Crippen molar-refractivity contribution < 1.29 is 14.7 Å². The second kappa shape index (κ2) is 6.06. The largest absolute Gasteiger partial charge is 0.545 e. The number of para-hydroxylation sites is 1. The molecule has 1 aromatic heterocycles. The second-order valence-electron chi connectivity index (χ2n) is 4.83. The number of nitrogens with one attached hydrogen (secondary N) is 1. The molecule has 0 aliphatic carbocycles. The number of amides is 1. The summed E-state index contributed by atoms with van der Waals surface area (Å²) in [4.78, 5) is 27.4. The molecule has 0 aliphatic rings. The van der Waals surface area contributed by atoms with Gasteiger partial charge in [0, 0.05) is 11.1 Å². The fourth-order valence-corrected chi connectivity index (χ4v) is 2.42. The van der Waals surface area contributed by atoms with Gasteiger partial charge in [-0.2, -0.15) is 0 Å². The fourth-order valence-electron chi connectivity index (χ4n) is 2.22. The lowest BCUT2D eigenvalue weighted by atomic mass is 10.1. The van der Waals surface area contributed by atoms with Gasteiger partial charge in [-0.05, 0) is 29.8 Å². The van der Waals surface area contributed by atoms with Crippen LogP contribution >= 0.6 is 11.6 Å². The minimum Gasteiger partial charge on any atom is -0.545 e. The summed E-state index contributed by atoms with van der Waals surface area (Å²) < 4.78 is 0. The second-order valence-corrected chi connectivity index (χ2v) is 5.22. The van der Waals surface area contributed by atoms with Crippen LogP contribution < -0.4 is 10.4 Å². The first kappa shape index (κ1) is 15.0. The van der Waals surface area contributed by atoms with E-state index in [0.29, 0.717) is 22.2 Å². The number of benzene rings is 2. The summed E-state index contributed by atoms with van der Waals surface area (Å²) in [5.74, 6) is -1.62. The number of aromatic carboxylic acids is 1. The van der Waals surface area contributed by atoms with E-state index in [4.69, 9.17) is 11.6 Å². The first-order valence-corrected chi connectivity index (χ1v) is 7.10. The van der Waals surface area contributed by atoms with Crippen molar-refractivity contribution in [2.75, 3.05) is 5.32 Å². The topological polar surface area (TPSA) is 82.1 Å². The minimum absolute atomic E-state index is 0.0420. The van der Waals surface area contributed by atoms with Crippen LogP contribution in [0.25, 0.3) is 10.9 Å². The van der Waals surface area contributed by atoms with Crippen LogP contribution in [-0.2, 0) is 0 Å². The Bertz CT molecular complexity index is 907. The lowest BCUT2D eigenvalue weighted by molar-refractivity contribution is -0.255. The van der Waals surface area contributed by atoms with Crippen molar-refractivity contribution in [3.8, 4) is 0 Å². The number of nitrogens with zero attached hydrogens (tertiary/aromatic N) is 1. The Morgan fingerprint density at radius 2 is 1.74 bits per heavy atom. The maximum absolute atomic E-state index is 12.5. The van der Waals surface area contributed by atoms with Crippen LogP contribution in [0, 0.1) is 0 Å². The van der Waals surface area contributed by atoms with E-state index in [1.807, 2.05) is 12.1 Å². The van der Waals surface area contributed by atoms with E-state index >= 15 is 0 Å². The SMILES string of the molecule is O=C([O-])c1ccc(NC(=O)c2cc(Cl)nc3ccccc23)cc1. The maximum atomic E-state index is 12.5. The third-order valence-corrected chi connectivity index (χ3v) is 3.50. The van der Waals surface area contributed by atoms with Gasteiger partial charge in [0.1, 0.15) is 5.15 Å². The van der Waals surface area contributed by atoms with Crippen LogP contribution in [0.2, 0.25) is 5.15 Å². The molecule has 6 heteroatoms. The lowest BCUT2D eigenvalue weighted by Gasteiger charge is -2.09. The highest BCUT2D eigenvalue weighted by atomic mass is 35.5. The van der Waals surface area contributed by atoms with Crippen LogP contribution in [0.4, 0.5) is 5.69 Å². The van der Waals surface area contributed by atoms with Gasteiger partial charge in [-0.15, -0.1) is 0 Å². The van der Waals surface area contributed by atoms with Crippen molar-refractivity contribution >= 4 is 40.1 Å². The highest BCUT2D eigenvalue weighted by Crippen LogP contribution is 2.22. The number of hydrogen-bond acceptors (Lipinski definition) is 4. The Morgan fingerprint density at radius 3 is 2.43 bits per heavy atom. The van der Waals surface area contributed by atoms with Crippen LogP contribution in [-0.4, -0.2) is 16.9 Å². The Morgan fingerprint density at radius 1 is 1.04 bits per heavy atom. The van der Waals surface area contributed by atoms with Crippen LogP contribution in [0.5, 0.6) is 0 Å². The molecule has 0 fully saturated rings. The first-order valence-electron chi connectivity index (χ1n) is 6.72. The molecule has 0 spiro atoms. The van der Waals surface area contributed by atoms with E-state index in [1.165, 1.54) is 30.3 Å². The zero-order chi connectivity index (χ0) is 16.4. The summed E-state index contributed by atoms with van der Waals surface area (Å²) in [6.45, 7) is 0. The number of carboxylic acids is 1. The summed E-state index contributed by atoms with van der Waals surface area (Å²) in [5.41, 5.74) is 1.53. The molecule has 23 heavy (non-hydrogen) atoms. The van der Waals surface area contributed by atoms with Crippen molar-refractivity contribution in [3.05, 3.63) is 70.9 Å². The quantitative estimate of drug-likeness (QED) is 0.750. The summed E-state index contributed by atoms with van der Waals surface area (Å²) in [7, 11) is 0. The standard InChI is InChI=1S/C17H11ClN2O3/c18-15-9-13(12-3-1-2-4-14(12)20-15)16(21)19-11-7-5-10(6-8-11)17(22)23/h1-9H,(H,19,21)(H,22,23)/p-1. The predicted octanol–water partition coefficient (Wildman–Crippen LogP) is 2.50. The number of carboxylic acid groups (broad SMARTS) is 1.